The van der Waals surface area contributed by atoms with E-state index in [2.05, 4.69) is 45.7 Å². The van der Waals surface area contributed by atoms with Crippen LogP contribution in [-0.4, -0.2) is 15.7 Å². The lowest BCUT2D eigenvalue weighted by Gasteiger charge is -2.02. The van der Waals surface area contributed by atoms with Gasteiger partial charge in [0, 0.05) is 5.75 Å². The molecule has 0 amide bonds. The molecule has 3 rings (SSSR count). The number of hydrogen-bond acceptors (Lipinski definition) is 4. The quantitative estimate of drug-likeness (QED) is 0.530. The van der Waals surface area contributed by atoms with E-state index in [0.717, 1.165) is 22.7 Å². The van der Waals surface area contributed by atoms with Crippen molar-refractivity contribution in [1.29, 1.82) is 0 Å². The van der Waals surface area contributed by atoms with Gasteiger partial charge in [-0.3, -0.25) is 0 Å². The van der Waals surface area contributed by atoms with E-state index in [0.29, 0.717) is 0 Å². The Labute approximate surface area is 114 Å². The van der Waals surface area contributed by atoms with E-state index in [4.69, 9.17) is 0 Å². The van der Waals surface area contributed by atoms with Crippen molar-refractivity contribution in [3.05, 3.63) is 53.7 Å². The molecule has 0 atom stereocenters. The highest BCUT2D eigenvalue weighted by molar-refractivity contribution is 7.99. The Bertz CT molecular complexity index is 634. The summed E-state index contributed by atoms with van der Waals surface area (Å²) in [5.74, 6) is 1.05. The maximum absolute atomic E-state index is 4.37. The third-order valence-electron chi connectivity index (χ3n) is 2.68. The van der Waals surface area contributed by atoms with Crippen LogP contribution in [0.2, 0.25) is 0 Å². The normalized spacial score (nSPS) is 10.9. The Morgan fingerprint density at radius 3 is 2.83 bits per heavy atom. The standard InChI is InChI=1S/C14H12N2S2/c1-2-4-11(5-3-1)6-8-18-14-13-12(7-9-17-13)15-10-16-14/h1-5,7,9-10H,6,8H2. The van der Waals surface area contributed by atoms with Gasteiger partial charge in [0.2, 0.25) is 0 Å². The zero-order valence-corrected chi connectivity index (χ0v) is 11.4. The highest BCUT2D eigenvalue weighted by Crippen LogP contribution is 2.28. The van der Waals surface area contributed by atoms with Crippen molar-refractivity contribution in [3.63, 3.8) is 0 Å². The van der Waals surface area contributed by atoms with Gasteiger partial charge in [0.05, 0.1) is 10.2 Å². The molecule has 4 heteroatoms. The Morgan fingerprint density at radius 2 is 1.94 bits per heavy atom. The van der Waals surface area contributed by atoms with Crippen LogP contribution < -0.4 is 0 Å². The summed E-state index contributed by atoms with van der Waals surface area (Å²) in [4.78, 5) is 8.63. The fraction of sp³-hybridized carbons (Fsp3) is 0.143. The maximum Gasteiger partial charge on any atom is 0.117 e. The molecule has 0 aliphatic rings. The van der Waals surface area contributed by atoms with Gasteiger partial charge in [0.1, 0.15) is 11.4 Å². The Hall–Kier alpha value is -1.39. The lowest BCUT2D eigenvalue weighted by atomic mass is 10.2. The van der Waals surface area contributed by atoms with E-state index in [9.17, 15) is 0 Å². The van der Waals surface area contributed by atoms with Crippen molar-refractivity contribution in [2.24, 2.45) is 0 Å². The summed E-state index contributed by atoms with van der Waals surface area (Å²) in [5.41, 5.74) is 2.43. The number of fused-ring (bicyclic) bond motifs is 1. The lowest BCUT2D eigenvalue weighted by molar-refractivity contribution is 1.10. The number of hydrogen-bond donors (Lipinski definition) is 0. The highest BCUT2D eigenvalue weighted by atomic mass is 32.2. The van der Waals surface area contributed by atoms with E-state index < -0.39 is 0 Å². The molecule has 0 aliphatic heterocycles. The van der Waals surface area contributed by atoms with E-state index in [1.165, 1.54) is 10.3 Å². The number of benzene rings is 1. The largest absolute Gasteiger partial charge is 0.235 e. The molecule has 2 heterocycles. The summed E-state index contributed by atoms with van der Waals surface area (Å²) < 4.78 is 1.20. The minimum absolute atomic E-state index is 1.05. The second kappa shape index (κ2) is 5.50. The molecule has 0 radical (unpaired) electrons. The van der Waals surface area contributed by atoms with Crippen LogP contribution in [0, 0.1) is 0 Å². The van der Waals surface area contributed by atoms with Crippen molar-refractivity contribution in [2.45, 2.75) is 11.4 Å². The SMILES string of the molecule is c1ccc(CCSc2ncnc3ccsc23)cc1. The topological polar surface area (TPSA) is 25.8 Å². The molecule has 3 aromatic rings. The van der Waals surface area contributed by atoms with Gasteiger partial charge in [-0.2, -0.15) is 0 Å². The van der Waals surface area contributed by atoms with Gasteiger partial charge in [0.25, 0.3) is 0 Å². The van der Waals surface area contributed by atoms with Gasteiger partial charge in [0.15, 0.2) is 0 Å². The number of thioether (sulfide) groups is 1. The average Bonchev–Trinajstić information content (AvgIpc) is 2.89. The third kappa shape index (κ3) is 2.54. The molecule has 1 aromatic carbocycles. The molecule has 0 unspecified atom stereocenters. The number of aryl methyl sites for hydroxylation is 1. The Balaban J connectivity index is 1.68. The second-order valence-electron chi connectivity index (χ2n) is 3.90. The minimum atomic E-state index is 1.05. The summed E-state index contributed by atoms with van der Waals surface area (Å²) in [7, 11) is 0. The maximum atomic E-state index is 4.37. The molecule has 0 spiro atoms. The van der Waals surface area contributed by atoms with Crippen LogP contribution in [0.25, 0.3) is 10.2 Å². The molecule has 0 bridgehead atoms. The number of thiophene rings is 1. The first kappa shape index (κ1) is 11.7. The molecule has 2 aromatic heterocycles. The summed E-state index contributed by atoms with van der Waals surface area (Å²) in [6.07, 6.45) is 2.72. The van der Waals surface area contributed by atoms with E-state index in [1.807, 2.05) is 17.8 Å². The van der Waals surface area contributed by atoms with Crippen LogP contribution in [-0.2, 0) is 6.42 Å². The van der Waals surface area contributed by atoms with E-state index in [1.54, 1.807) is 17.7 Å². The first-order chi connectivity index (χ1) is 8.93. The predicted octanol–water partition coefficient (Wildman–Crippen LogP) is 4.03. The third-order valence-corrected chi connectivity index (χ3v) is 4.71. The zero-order chi connectivity index (χ0) is 12.2. The monoisotopic (exact) mass is 272 g/mol. The molecule has 0 N–H and O–H groups in total. The molecule has 0 saturated heterocycles. The van der Waals surface area contributed by atoms with Crippen LogP contribution in [0.5, 0.6) is 0 Å². The van der Waals surface area contributed by atoms with Crippen molar-refractivity contribution in [1.82, 2.24) is 9.97 Å². The fourth-order valence-electron chi connectivity index (χ4n) is 1.78. The number of rotatable bonds is 4. The van der Waals surface area contributed by atoms with Gasteiger partial charge in [-0.25, -0.2) is 9.97 Å². The van der Waals surface area contributed by atoms with Gasteiger partial charge < -0.3 is 0 Å². The summed E-state index contributed by atoms with van der Waals surface area (Å²) >= 11 is 3.52. The zero-order valence-electron chi connectivity index (χ0n) is 9.74. The Morgan fingerprint density at radius 1 is 1.06 bits per heavy atom. The molecular weight excluding hydrogens is 260 g/mol. The first-order valence-electron chi connectivity index (χ1n) is 5.78. The minimum Gasteiger partial charge on any atom is -0.235 e. The molecule has 0 saturated carbocycles. The van der Waals surface area contributed by atoms with Gasteiger partial charge in [-0.15, -0.1) is 23.1 Å². The Kier molecular flexibility index (Phi) is 3.57. The van der Waals surface area contributed by atoms with Crippen molar-refractivity contribution < 1.29 is 0 Å². The van der Waals surface area contributed by atoms with Crippen molar-refractivity contribution >= 4 is 33.3 Å². The van der Waals surface area contributed by atoms with Crippen molar-refractivity contribution in [2.75, 3.05) is 5.75 Å². The second-order valence-corrected chi connectivity index (χ2v) is 5.90. The summed E-state index contributed by atoms with van der Waals surface area (Å²) in [6.45, 7) is 0. The van der Waals surface area contributed by atoms with Gasteiger partial charge in [-0.1, -0.05) is 30.3 Å². The molecule has 18 heavy (non-hydrogen) atoms. The van der Waals surface area contributed by atoms with Crippen LogP contribution in [0.3, 0.4) is 0 Å². The van der Waals surface area contributed by atoms with Gasteiger partial charge in [-0.05, 0) is 23.4 Å². The van der Waals surface area contributed by atoms with E-state index in [-0.39, 0.29) is 0 Å². The smallest absolute Gasteiger partial charge is 0.117 e. The molecule has 2 nitrogen and oxygen atoms in total. The summed E-state index contributed by atoms with van der Waals surface area (Å²) in [5, 5.41) is 3.17. The average molecular weight is 272 g/mol. The van der Waals surface area contributed by atoms with Crippen LogP contribution in [0.4, 0.5) is 0 Å². The van der Waals surface area contributed by atoms with Crippen LogP contribution in [0.15, 0.2) is 53.1 Å². The number of aromatic nitrogens is 2. The van der Waals surface area contributed by atoms with E-state index >= 15 is 0 Å². The number of nitrogens with zero attached hydrogens (tertiary/aromatic N) is 2. The summed E-state index contributed by atoms with van der Waals surface area (Å²) in [6, 6.07) is 12.6. The predicted molar refractivity (Wildman–Crippen MR) is 78.3 cm³/mol. The highest BCUT2D eigenvalue weighted by Gasteiger charge is 2.05. The van der Waals surface area contributed by atoms with Gasteiger partial charge >= 0.3 is 0 Å². The lowest BCUT2D eigenvalue weighted by Crippen LogP contribution is -1.89. The molecule has 0 fully saturated rings. The fourth-order valence-corrected chi connectivity index (χ4v) is 3.72. The molecule has 0 aliphatic carbocycles. The van der Waals surface area contributed by atoms with Crippen LogP contribution >= 0.6 is 23.1 Å². The first-order valence-corrected chi connectivity index (χ1v) is 7.65. The van der Waals surface area contributed by atoms with Crippen LogP contribution in [0.1, 0.15) is 5.56 Å². The van der Waals surface area contributed by atoms with Crippen molar-refractivity contribution in [3.8, 4) is 0 Å². The molecular formula is C14H12N2S2. The molecule has 90 valence electrons.